The summed E-state index contributed by atoms with van der Waals surface area (Å²) in [5.74, 6) is -6.53. The van der Waals surface area contributed by atoms with Crippen molar-refractivity contribution in [3.05, 3.63) is 24.3 Å². The fourth-order valence-corrected chi connectivity index (χ4v) is 15.0. The van der Waals surface area contributed by atoms with Crippen LogP contribution in [-0.2, 0) is 61.8 Å². The first-order valence-corrected chi connectivity index (χ1v) is 41.8. The molecule has 5 heterocycles. The fraction of sp³-hybridized carbons (Fsp3) is 0.911. The van der Waals surface area contributed by atoms with Crippen molar-refractivity contribution in [3.63, 3.8) is 0 Å². The number of aliphatic hydroxyl groups is 17. The minimum Gasteiger partial charge on any atom is -0.477 e. The first-order chi connectivity index (χ1) is 53.9. The summed E-state index contributed by atoms with van der Waals surface area (Å²) < 4.78 is 58.5. The zero-order valence-corrected chi connectivity index (χ0v) is 66.2. The predicted octanol–water partition coefficient (Wildman–Crippen LogP) is 1.71. The van der Waals surface area contributed by atoms with Crippen LogP contribution in [-0.4, -0.2) is 321 Å². The lowest BCUT2D eigenvalue weighted by Gasteiger charge is -2.51. The number of carboxylic acids is 1. The number of carbonyl (C=O) groups excluding carboxylic acids is 2. The van der Waals surface area contributed by atoms with E-state index in [1.165, 1.54) is 148 Å². The van der Waals surface area contributed by atoms with Crippen molar-refractivity contribution in [2.24, 2.45) is 0 Å². The second kappa shape index (κ2) is 54.8. The summed E-state index contributed by atoms with van der Waals surface area (Å²) in [5, 5.41) is 203. The molecule has 33 heteroatoms. The third-order valence-electron chi connectivity index (χ3n) is 21.8. The number of allylic oxidation sites excluding steroid dienone is 3. The highest BCUT2D eigenvalue weighted by atomic mass is 16.8. The number of aliphatic carboxylic acids is 1. The van der Waals surface area contributed by atoms with E-state index >= 15 is 0 Å². The van der Waals surface area contributed by atoms with Gasteiger partial charge in [0.05, 0.1) is 57.9 Å². The van der Waals surface area contributed by atoms with Crippen molar-refractivity contribution >= 4 is 17.8 Å². The van der Waals surface area contributed by atoms with Gasteiger partial charge < -0.3 is 150 Å². The second-order valence-corrected chi connectivity index (χ2v) is 31.0. The summed E-state index contributed by atoms with van der Waals surface area (Å²) in [4.78, 5) is 39.5. The summed E-state index contributed by atoms with van der Waals surface area (Å²) in [6, 6.07) is -2.92. The Morgan fingerprint density at radius 2 is 0.866 bits per heavy atom. The molecule has 654 valence electrons. The maximum Gasteiger partial charge on any atom is 0.364 e. The van der Waals surface area contributed by atoms with Crippen LogP contribution in [0, 0.1) is 0 Å². The van der Waals surface area contributed by atoms with Gasteiger partial charge in [-0.05, 0) is 44.9 Å². The van der Waals surface area contributed by atoms with E-state index in [-0.39, 0.29) is 12.3 Å². The van der Waals surface area contributed by atoms with E-state index in [0.29, 0.717) is 12.8 Å². The van der Waals surface area contributed by atoms with Crippen molar-refractivity contribution in [2.45, 2.75) is 417 Å². The summed E-state index contributed by atoms with van der Waals surface area (Å²) in [6.07, 6.45) is -4.47. The van der Waals surface area contributed by atoms with Crippen LogP contribution in [0.4, 0.5) is 0 Å². The third-order valence-corrected chi connectivity index (χ3v) is 21.8. The first-order valence-electron chi connectivity index (χ1n) is 41.8. The number of amides is 2. The lowest BCUT2D eigenvalue weighted by Crippen LogP contribution is -2.71. The van der Waals surface area contributed by atoms with Gasteiger partial charge in [0.2, 0.25) is 11.8 Å². The molecule has 5 saturated heterocycles. The van der Waals surface area contributed by atoms with Gasteiger partial charge in [-0.15, -0.1) is 0 Å². The molecule has 0 bridgehead atoms. The minimum atomic E-state index is -3.21. The second-order valence-electron chi connectivity index (χ2n) is 31.0. The molecule has 20 N–H and O–H groups in total. The average Bonchev–Trinajstić information content (AvgIpc) is 0.758. The molecule has 0 spiro atoms. The van der Waals surface area contributed by atoms with Crippen molar-refractivity contribution < 1.29 is 154 Å². The molecule has 0 radical (unpaired) electrons. The molecule has 0 aromatic carbocycles. The van der Waals surface area contributed by atoms with Crippen molar-refractivity contribution in [2.75, 3.05) is 39.6 Å². The average molecular weight is 1620 g/mol. The van der Waals surface area contributed by atoms with E-state index in [4.69, 9.17) is 47.4 Å². The third kappa shape index (κ3) is 32.2. The Kier molecular flexibility index (Phi) is 48.6. The number of carboxylic acid groups (broad SMARTS) is 1. The largest absolute Gasteiger partial charge is 0.477 e. The molecule has 112 heavy (non-hydrogen) atoms. The van der Waals surface area contributed by atoms with Crippen LogP contribution in [0.5, 0.6) is 0 Å². The van der Waals surface area contributed by atoms with Gasteiger partial charge in [0.25, 0.3) is 5.79 Å². The fourth-order valence-electron chi connectivity index (χ4n) is 15.0. The maximum atomic E-state index is 13.6. The number of hydrogen-bond acceptors (Lipinski definition) is 30. The van der Waals surface area contributed by atoms with Crippen molar-refractivity contribution in [1.29, 1.82) is 0 Å². The number of aliphatic hydroxyl groups excluding tert-OH is 17. The van der Waals surface area contributed by atoms with E-state index in [2.05, 4.69) is 36.6 Å². The number of rotatable bonds is 58. The molecule has 10 unspecified atom stereocenters. The quantitative estimate of drug-likeness (QED) is 0.0304. The zero-order chi connectivity index (χ0) is 82.1. The van der Waals surface area contributed by atoms with Gasteiger partial charge in [-0.2, -0.15) is 0 Å². The van der Waals surface area contributed by atoms with Crippen molar-refractivity contribution in [3.8, 4) is 0 Å². The lowest BCUT2D eigenvalue weighted by atomic mass is 9.90. The Labute approximate surface area is 660 Å². The smallest absolute Gasteiger partial charge is 0.364 e. The Morgan fingerprint density at radius 1 is 0.464 bits per heavy atom. The molecule has 5 rings (SSSR count). The summed E-state index contributed by atoms with van der Waals surface area (Å²) >= 11 is 0. The molecule has 33 nitrogen and oxygen atoms in total. The molecule has 28 atom stereocenters. The van der Waals surface area contributed by atoms with Gasteiger partial charge >= 0.3 is 5.97 Å². The first kappa shape index (κ1) is 99.4. The minimum absolute atomic E-state index is 0.177. The van der Waals surface area contributed by atoms with Crippen LogP contribution >= 0.6 is 0 Å². The highest BCUT2D eigenvalue weighted by Crippen LogP contribution is 2.40. The highest BCUT2D eigenvalue weighted by molar-refractivity contribution is 5.76. The predicted molar refractivity (Wildman–Crippen MR) is 404 cm³/mol. The molecule has 5 fully saturated rings. The van der Waals surface area contributed by atoms with Gasteiger partial charge in [0, 0.05) is 19.8 Å². The number of carbonyl (C=O) groups is 3. The van der Waals surface area contributed by atoms with Crippen LogP contribution in [0.3, 0.4) is 0 Å². The monoisotopic (exact) mass is 1610 g/mol. The van der Waals surface area contributed by atoms with Crippen molar-refractivity contribution in [1.82, 2.24) is 10.6 Å². The summed E-state index contributed by atoms with van der Waals surface area (Å²) in [6.45, 7) is -0.311. The van der Waals surface area contributed by atoms with Crippen LogP contribution in [0.2, 0.25) is 0 Å². The molecule has 0 saturated carbocycles. The Bertz CT molecular complexity index is 2570. The molecule has 0 aliphatic carbocycles. The van der Waals surface area contributed by atoms with Gasteiger partial charge in [0.1, 0.15) is 122 Å². The molecule has 2 amide bonds. The SMILES string of the molecule is CCCCCCCC/C=C\CCCCCCCCCCCCCCCC(=O)N[C@@H](CO[C@@H]1OC(CO)[C@@H](O[C@@H]2OC(CO)[C@H](O[C@@H]3OC(CO)[C@H](O)[C@H](O[C@@H]4OC(CO)[C@H](O)[C@H](O[C@]5(C(=O)O)CC(O)[C@@H](O)C([C@H](O)[C@H](O)CO)O5)C4O)C3NC(C)=O)[C@H](O)C2O)[C@H](O)C1O)[C@H](O)/C=C/CCCCCCCCCCCCC. The Balaban J connectivity index is 1.18. The highest BCUT2D eigenvalue weighted by Gasteiger charge is 2.61. The standard InChI is InChI=1S/C79H142N2O31/c1-4-6-8-10-12-14-16-18-19-20-21-22-23-24-25-26-27-29-31-33-35-37-39-41-58(91)81-50(51(88)40-38-36-34-32-30-28-17-15-13-11-9-7-5-2)48-103-75-66(98)64(96)70(56(46-85)106-75)109-76-67(99)65(97)69(57(47-86)107-76)108-74-59(80-49(3)87)71(62(94)54(44-83)104-74)110-77-68(100)73(63(95)55(45-84)105-77)112-79(78(101)102)42-52(89)60(92)72(111-79)61(93)53(90)43-82/h18-19,38,40,50-57,59-77,82-86,88-90,92-100H,4-17,20-37,39,41-48H2,1-3H3,(H,80,87)(H,81,91)(H,101,102)/b19-18-,40-38+/t50-,51+,52?,53+,54?,55?,56?,57?,59?,60+,61+,62-,63-,64+,65+,66?,67?,68?,69-,70+,71+,72?,73-,74-,75+,76-,77-,79-/m0/s1. The molecule has 5 aliphatic rings. The van der Waals surface area contributed by atoms with Gasteiger partial charge in [-0.3, -0.25) is 9.59 Å². The topological polar surface area (TPSA) is 532 Å². The van der Waals surface area contributed by atoms with E-state index < -0.39 is 229 Å². The van der Waals surface area contributed by atoms with Crippen LogP contribution in [0.15, 0.2) is 24.3 Å². The molecule has 5 aliphatic heterocycles. The molecule has 0 aromatic heterocycles. The van der Waals surface area contributed by atoms with E-state index in [1.807, 2.05) is 6.08 Å². The molecular formula is C79H142N2O31. The van der Waals surface area contributed by atoms with E-state index in [1.54, 1.807) is 6.08 Å². The number of unbranched alkanes of at least 4 members (excludes halogenated alkanes) is 30. The van der Waals surface area contributed by atoms with Crippen LogP contribution in [0.1, 0.15) is 245 Å². The summed E-state index contributed by atoms with van der Waals surface area (Å²) in [7, 11) is 0. The van der Waals surface area contributed by atoms with Gasteiger partial charge in [-0.25, -0.2) is 4.79 Å². The van der Waals surface area contributed by atoms with E-state index in [9.17, 15) is 106 Å². The van der Waals surface area contributed by atoms with Gasteiger partial charge in [-0.1, -0.05) is 205 Å². The van der Waals surface area contributed by atoms with E-state index in [0.717, 1.165) is 58.3 Å². The number of hydrogen-bond donors (Lipinski definition) is 20. The van der Waals surface area contributed by atoms with Crippen LogP contribution < -0.4 is 10.6 Å². The normalized spacial score (nSPS) is 33.7. The van der Waals surface area contributed by atoms with Gasteiger partial charge in [0.15, 0.2) is 25.2 Å². The molecular weight excluding hydrogens is 1470 g/mol. The lowest BCUT2D eigenvalue weighted by molar-refractivity contribution is -0.391. The maximum absolute atomic E-state index is 13.6. The Hall–Kier alpha value is -3.19. The number of nitrogens with one attached hydrogen (secondary N) is 2. The molecule has 0 aromatic rings. The zero-order valence-electron chi connectivity index (χ0n) is 66.2. The number of ether oxygens (including phenoxy) is 10. The van der Waals surface area contributed by atoms with Crippen LogP contribution in [0.25, 0.3) is 0 Å². The Morgan fingerprint density at radius 3 is 1.33 bits per heavy atom. The summed E-state index contributed by atoms with van der Waals surface area (Å²) in [5.41, 5.74) is 0.